The summed E-state index contributed by atoms with van der Waals surface area (Å²) in [6.07, 6.45) is 5.20. The van der Waals surface area contributed by atoms with Gasteiger partial charge in [0.25, 0.3) is 0 Å². The summed E-state index contributed by atoms with van der Waals surface area (Å²) in [5.41, 5.74) is 4.60. The molecular weight excluding hydrogens is 178 g/mol. The first-order valence-corrected chi connectivity index (χ1v) is 5.12. The van der Waals surface area contributed by atoms with E-state index in [2.05, 4.69) is 11.9 Å². The molecule has 0 saturated carbocycles. The Morgan fingerprint density at radius 3 is 2.79 bits per heavy atom. The molecule has 1 aromatic rings. The van der Waals surface area contributed by atoms with Gasteiger partial charge in [-0.15, -0.1) is 0 Å². The minimum Gasteiger partial charge on any atom is -0.381 e. The van der Waals surface area contributed by atoms with Crippen LogP contribution in [-0.4, -0.2) is 21.2 Å². The number of nitrogens with zero attached hydrogens (tertiary/aromatic N) is 2. The summed E-state index contributed by atoms with van der Waals surface area (Å²) in [6, 6.07) is 0. The Bertz CT molecular complexity index is 279. The summed E-state index contributed by atoms with van der Waals surface area (Å²) >= 11 is 0. The second-order valence-electron chi connectivity index (χ2n) is 3.53. The summed E-state index contributed by atoms with van der Waals surface area (Å²) in [7, 11) is 0. The second-order valence-corrected chi connectivity index (χ2v) is 3.53. The minimum absolute atomic E-state index is 0.213. The quantitative estimate of drug-likeness (QED) is 0.735. The van der Waals surface area contributed by atoms with Gasteiger partial charge < -0.3 is 15.4 Å². The van der Waals surface area contributed by atoms with Crippen LogP contribution in [0.4, 0.5) is 0 Å². The van der Waals surface area contributed by atoms with Crippen LogP contribution < -0.4 is 5.73 Å². The number of aromatic nitrogens is 2. The third kappa shape index (κ3) is 1.96. The van der Waals surface area contributed by atoms with Crippen LogP contribution in [0.25, 0.3) is 0 Å². The number of hydrogen-bond acceptors (Lipinski definition) is 3. The summed E-state index contributed by atoms with van der Waals surface area (Å²) in [5, 5.41) is 10.2. The molecule has 4 nitrogen and oxygen atoms in total. The summed E-state index contributed by atoms with van der Waals surface area (Å²) < 4.78 is 1.97. The smallest absolute Gasteiger partial charge is 0.142 e. The average Bonchev–Trinajstić information content (AvgIpc) is 2.66. The van der Waals surface area contributed by atoms with E-state index >= 15 is 0 Å². The average molecular weight is 197 g/mol. The van der Waals surface area contributed by atoms with Gasteiger partial charge in [-0.1, -0.05) is 13.8 Å². The molecule has 3 N–H and O–H groups in total. The molecule has 0 aliphatic heterocycles. The third-order valence-electron chi connectivity index (χ3n) is 2.52. The van der Waals surface area contributed by atoms with Gasteiger partial charge in [-0.3, -0.25) is 0 Å². The summed E-state index contributed by atoms with van der Waals surface area (Å²) in [6.45, 7) is 5.09. The van der Waals surface area contributed by atoms with Gasteiger partial charge in [0.05, 0.1) is 0 Å². The SMILES string of the molecule is CCCn1ccnc1C(O)(CC)CN. The van der Waals surface area contributed by atoms with Crippen molar-refractivity contribution in [3.05, 3.63) is 18.2 Å². The van der Waals surface area contributed by atoms with Crippen LogP contribution in [-0.2, 0) is 12.1 Å². The molecule has 0 amide bonds. The van der Waals surface area contributed by atoms with Crippen molar-refractivity contribution in [2.45, 2.75) is 38.8 Å². The van der Waals surface area contributed by atoms with Crippen LogP contribution in [0, 0.1) is 0 Å². The highest BCUT2D eigenvalue weighted by atomic mass is 16.3. The molecule has 1 aromatic heterocycles. The monoisotopic (exact) mass is 197 g/mol. The lowest BCUT2D eigenvalue weighted by Gasteiger charge is -2.25. The first-order chi connectivity index (χ1) is 6.68. The Kier molecular flexibility index (Phi) is 3.66. The zero-order chi connectivity index (χ0) is 10.6. The van der Waals surface area contributed by atoms with Crippen molar-refractivity contribution < 1.29 is 5.11 Å². The van der Waals surface area contributed by atoms with E-state index in [4.69, 9.17) is 5.73 Å². The van der Waals surface area contributed by atoms with Gasteiger partial charge >= 0.3 is 0 Å². The Hall–Kier alpha value is -0.870. The van der Waals surface area contributed by atoms with E-state index in [9.17, 15) is 5.11 Å². The van der Waals surface area contributed by atoms with E-state index in [1.54, 1.807) is 6.20 Å². The van der Waals surface area contributed by atoms with Gasteiger partial charge in [0.15, 0.2) is 0 Å². The normalized spacial score (nSPS) is 15.4. The third-order valence-corrected chi connectivity index (χ3v) is 2.52. The second kappa shape index (κ2) is 4.57. The van der Waals surface area contributed by atoms with Crippen molar-refractivity contribution in [3.8, 4) is 0 Å². The minimum atomic E-state index is -0.974. The molecule has 0 bridgehead atoms. The van der Waals surface area contributed by atoms with Crippen molar-refractivity contribution in [1.29, 1.82) is 0 Å². The molecule has 0 spiro atoms. The number of nitrogens with two attached hydrogens (primary N) is 1. The first kappa shape index (κ1) is 11.2. The molecule has 0 fully saturated rings. The highest BCUT2D eigenvalue weighted by Gasteiger charge is 2.29. The van der Waals surface area contributed by atoms with Gasteiger partial charge in [-0.25, -0.2) is 4.98 Å². The lowest BCUT2D eigenvalue weighted by atomic mass is 10.00. The molecule has 1 unspecified atom stereocenters. The van der Waals surface area contributed by atoms with E-state index < -0.39 is 5.60 Å². The van der Waals surface area contributed by atoms with Crippen LogP contribution in [0.3, 0.4) is 0 Å². The van der Waals surface area contributed by atoms with Gasteiger partial charge in [0.2, 0.25) is 0 Å². The number of hydrogen-bond donors (Lipinski definition) is 2. The van der Waals surface area contributed by atoms with Crippen LogP contribution in [0.5, 0.6) is 0 Å². The van der Waals surface area contributed by atoms with E-state index in [-0.39, 0.29) is 6.54 Å². The van der Waals surface area contributed by atoms with Crippen LogP contribution in [0.2, 0.25) is 0 Å². The standard InChI is InChI=1S/C10H19N3O/c1-3-6-13-7-5-12-9(13)10(14,4-2)8-11/h5,7,14H,3-4,6,8,11H2,1-2H3. The largest absolute Gasteiger partial charge is 0.381 e. The maximum Gasteiger partial charge on any atom is 0.142 e. The van der Waals surface area contributed by atoms with Crippen LogP contribution in [0.15, 0.2) is 12.4 Å². The Balaban J connectivity index is 2.97. The van der Waals surface area contributed by atoms with Crippen molar-refractivity contribution in [1.82, 2.24) is 9.55 Å². The van der Waals surface area contributed by atoms with Crippen LogP contribution in [0.1, 0.15) is 32.5 Å². The lowest BCUT2D eigenvalue weighted by molar-refractivity contribution is 0.0290. The summed E-state index contributed by atoms with van der Waals surface area (Å²) in [4.78, 5) is 4.18. The van der Waals surface area contributed by atoms with Crippen molar-refractivity contribution in [2.24, 2.45) is 5.73 Å². The Morgan fingerprint density at radius 1 is 1.57 bits per heavy atom. The van der Waals surface area contributed by atoms with Gasteiger partial charge in [-0.05, 0) is 12.8 Å². The van der Waals surface area contributed by atoms with Gasteiger partial charge in [0.1, 0.15) is 11.4 Å². The molecule has 0 saturated heterocycles. The molecule has 1 atom stereocenters. The van der Waals surface area contributed by atoms with E-state index in [0.29, 0.717) is 12.2 Å². The highest BCUT2D eigenvalue weighted by molar-refractivity contribution is 5.05. The molecule has 0 aliphatic rings. The first-order valence-electron chi connectivity index (χ1n) is 5.12. The molecular formula is C10H19N3O. The fourth-order valence-corrected chi connectivity index (χ4v) is 1.53. The van der Waals surface area contributed by atoms with Crippen molar-refractivity contribution >= 4 is 0 Å². The van der Waals surface area contributed by atoms with E-state index in [0.717, 1.165) is 13.0 Å². The fourth-order valence-electron chi connectivity index (χ4n) is 1.53. The van der Waals surface area contributed by atoms with E-state index in [1.165, 1.54) is 0 Å². The summed E-state index contributed by atoms with van der Waals surface area (Å²) in [5.74, 6) is 0.685. The lowest BCUT2D eigenvalue weighted by Crippen LogP contribution is -2.37. The number of imidazole rings is 1. The number of aliphatic hydroxyl groups is 1. The molecule has 0 aliphatic carbocycles. The molecule has 0 radical (unpaired) electrons. The van der Waals surface area contributed by atoms with Gasteiger partial charge in [-0.2, -0.15) is 0 Å². The Morgan fingerprint density at radius 2 is 2.29 bits per heavy atom. The molecule has 0 aromatic carbocycles. The van der Waals surface area contributed by atoms with Crippen molar-refractivity contribution in [3.63, 3.8) is 0 Å². The fraction of sp³-hybridized carbons (Fsp3) is 0.700. The molecule has 1 rings (SSSR count). The number of rotatable bonds is 5. The predicted octanol–water partition coefficient (Wildman–Crippen LogP) is 0.849. The highest BCUT2D eigenvalue weighted by Crippen LogP contribution is 2.21. The maximum absolute atomic E-state index is 10.2. The number of aryl methyl sites for hydroxylation is 1. The Labute approximate surface area is 84.8 Å². The molecule has 14 heavy (non-hydrogen) atoms. The van der Waals surface area contributed by atoms with Crippen LogP contribution >= 0.6 is 0 Å². The molecule has 1 heterocycles. The zero-order valence-electron chi connectivity index (χ0n) is 8.90. The maximum atomic E-state index is 10.2. The zero-order valence-corrected chi connectivity index (χ0v) is 8.90. The van der Waals surface area contributed by atoms with E-state index in [1.807, 2.05) is 17.7 Å². The van der Waals surface area contributed by atoms with Crippen molar-refractivity contribution in [2.75, 3.05) is 6.54 Å². The topological polar surface area (TPSA) is 64.1 Å². The predicted molar refractivity (Wildman–Crippen MR) is 55.8 cm³/mol. The molecule has 80 valence electrons. The molecule has 4 heteroatoms. The van der Waals surface area contributed by atoms with Gasteiger partial charge in [0, 0.05) is 25.5 Å².